The van der Waals surface area contributed by atoms with Crippen molar-refractivity contribution in [3.05, 3.63) is 29.7 Å². The summed E-state index contributed by atoms with van der Waals surface area (Å²) in [6, 6.07) is 4.03. The summed E-state index contributed by atoms with van der Waals surface area (Å²) in [5.41, 5.74) is 0.0835. The number of hydrogen-bond acceptors (Lipinski definition) is 2. The van der Waals surface area contributed by atoms with Crippen LogP contribution in [0.5, 0.6) is 5.75 Å². The number of halogens is 1. The molecule has 0 aliphatic rings. The van der Waals surface area contributed by atoms with Crippen LogP contribution in [-0.2, 0) is 0 Å². The smallest absolute Gasteiger partial charge is 0.352 e. The molecule has 0 saturated heterocycles. The zero-order valence-electron chi connectivity index (χ0n) is 7.87. The normalized spacial score (nSPS) is 10.5. The van der Waals surface area contributed by atoms with E-state index in [4.69, 9.17) is 9.84 Å². The molecule has 1 heterocycles. The largest absolute Gasteiger partial charge is 0.496 e. The van der Waals surface area contributed by atoms with Gasteiger partial charge in [-0.15, -0.1) is 0 Å². The molecule has 15 heavy (non-hydrogen) atoms. The van der Waals surface area contributed by atoms with Crippen LogP contribution >= 0.6 is 0 Å². The summed E-state index contributed by atoms with van der Waals surface area (Å²) in [5, 5.41) is 9.17. The minimum atomic E-state index is -1.13. The van der Waals surface area contributed by atoms with Gasteiger partial charge in [0.15, 0.2) is 0 Å². The van der Waals surface area contributed by atoms with E-state index in [-0.39, 0.29) is 11.2 Å². The van der Waals surface area contributed by atoms with Crippen LogP contribution in [0.4, 0.5) is 4.39 Å². The van der Waals surface area contributed by atoms with Gasteiger partial charge in [-0.25, -0.2) is 9.18 Å². The Bertz CT molecular complexity index is 533. The van der Waals surface area contributed by atoms with Crippen molar-refractivity contribution in [2.75, 3.05) is 7.11 Å². The second-order valence-corrected chi connectivity index (χ2v) is 3.03. The third kappa shape index (κ3) is 1.41. The molecule has 2 rings (SSSR count). The highest BCUT2D eigenvalue weighted by molar-refractivity contribution is 5.96. The predicted octanol–water partition coefficient (Wildman–Crippen LogP) is 2.01. The van der Waals surface area contributed by atoms with Crippen LogP contribution in [0.3, 0.4) is 0 Å². The summed E-state index contributed by atoms with van der Waals surface area (Å²) < 4.78 is 18.3. The third-order valence-corrected chi connectivity index (χ3v) is 2.15. The highest BCUT2D eigenvalue weighted by Gasteiger charge is 2.13. The first kappa shape index (κ1) is 9.51. The predicted molar refractivity (Wildman–Crippen MR) is 51.8 cm³/mol. The summed E-state index contributed by atoms with van der Waals surface area (Å²) >= 11 is 0. The Morgan fingerprint density at radius 1 is 1.53 bits per heavy atom. The number of carboxylic acids is 1. The van der Waals surface area contributed by atoms with Crippen molar-refractivity contribution in [1.29, 1.82) is 0 Å². The van der Waals surface area contributed by atoms with Crippen LogP contribution in [0.15, 0.2) is 18.2 Å². The van der Waals surface area contributed by atoms with Gasteiger partial charge in [-0.05, 0) is 18.2 Å². The van der Waals surface area contributed by atoms with Crippen molar-refractivity contribution in [3.8, 4) is 5.75 Å². The standard InChI is InChI=1S/C10H8FNO3/c1-15-8-3-2-6(11)9-5(8)4-7(12-9)10(13)14/h2-4,12H,1H3,(H,13,14). The molecule has 0 fully saturated rings. The maximum Gasteiger partial charge on any atom is 0.352 e. The first-order chi connectivity index (χ1) is 7.13. The lowest BCUT2D eigenvalue weighted by Gasteiger charge is -2.00. The molecular weight excluding hydrogens is 201 g/mol. The lowest BCUT2D eigenvalue weighted by atomic mass is 10.2. The maximum absolute atomic E-state index is 13.3. The fourth-order valence-corrected chi connectivity index (χ4v) is 1.45. The minimum Gasteiger partial charge on any atom is -0.496 e. The monoisotopic (exact) mass is 209 g/mol. The second-order valence-electron chi connectivity index (χ2n) is 3.03. The van der Waals surface area contributed by atoms with Crippen LogP contribution < -0.4 is 4.74 Å². The number of carbonyl (C=O) groups is 1. The number of aromatic nitrogens is 1. The average Bonchev–Trinajstić information content (AvgIpc) is 2.64. The second kappa shape index (κ2) is 3.27. The Morgan fingerprint density at radius 3 is 2.87 bits per heavy atom. The van der Waals surface area contributed by atoms with Crippen molar-refractivity contribution < 1.29 is 19.0 Å². The van der Waals surface area contributed by atoms with Crippen LogP contribution in [0.25, 0.3) is 10.9 Å². The van der Waals surface area contributed by atoms with E-state index < -0.39 is 11.8 Å². The highest BCUT2D eigenvalue weighted by Crippen LogP contribution is 2.28. The van der Waals surface area contributed by atoms with Gasteiger partial charge in [-0.2, -0.15) is 0 Å². The number of fused-ring (bicyclic) bond motifs is 1. The molecule has 0 atom stereocenters. The first-order valence-electron chi connectivity index (χ1n) is 4.22. The number of aromatic amines is 1. The van der Waals surface area contributed by atoms with Gasteiger partial charge in [-0.3, -0.25) is 0 Å². The SMILES string of the molecule is COc1ccc(F)c2[nH]c(C(=O)O)cc12. The first-order valence-corrected chi connectivity index (χ1v) is 4.22. The number of H-pyrrole nitrogens is 1. The maximum atomic E-state index is 13.3. The molecule has 0 unspecified atom stereocenters. The molecule has 0 amide bonds. The summed E-state index contributed by atoms with van der Waals surface area (Å²) in [6.07, 6.45) is 0. The summed E-state index contributed by atoms with van der Waals surface area (Å²) in [4.78, 5) is 13.2. The van der Waals surface area contributed by atoms with Crippen LogP contribution in [0, 0.1) is 5.82 Å². The molecule has 2 N–H and O–H groups in total. The van der Waals surface area contributed by atoms with Gasteiger partial charge in [0, 0.05) is 5.39 Å². The number of methoxy groups -OCH3 is 1. The highest BCUT2D eigenvalue weighted by atomic mass is 19.1. The molecule has 2 aromatic rings. The molecule has 0 spiro atoms. The fourth-order valence-electron chi connectivity index (χ4n) is 1.45. The quantitative estimate of drug-likeness (QED) is 0.795. The van der Waals surface area contributed by atoms with E-state index in [0.29, 0.717) is 11.1 Å². The third-order valence-electron chi connectivity index (χ3n) is 2.15. The number of carboxylic acid groups (broad SMARTS) is 1. The van der Waals surface area contributed by atoms with Gasteiger partial charge in [-0.1, -0.05) is 0 Å². The number of nitrogens with one attached hydrogen (secondary N) is 1. The molecule has 0 aliphatic carbocycles. The van der Waals surface area contributed by atoms with Crippen molar-refractivity contribution in [1.82, 2.24) is 4.98 Å². The topological polar surface area (TPSA) is 62.3 Å². The Kier molecular flexibility index (Phi) is 2.07. The lowest BCUT2D eigenvalue weighted by molar-refractivity contribution is 0.0691. The van der Waals surface area contributed by atoms with Crippen molar-refractivity contribution in [2.45, 2.75) is 0 Å². The van der Waals surface area contributed by atoms with E-state index >= 15 is 0 Å². The van der Waals surface area contributed by atoms with E-state index in [1.54, 1.807) is 0 Å². The Hall–Kier alpha value is -2.04. The van der Waals surface area contributed by atoms with E-state index in [0.717, 1.165) is 0 Å². The molecule has 5 heteroatoms. The molecular formula is C10H8FNO3. The van der Waals surface area contributed by atoms with E-state index in [1.165, 1.54) is 25.3 Å². The van der Waals surface area contributed by atoms with Gasteiger partial charge < -0.3 is 14.8 Å². The van der Waals surface area contributed by atoms with Gasteiger partial charge in [0.2, 0.25) is 0 Å². The molecule has 0 bridgehead atoms. The van der Waals surface area contributed by atoms with E-state index in [1.807, 2.05) is 0 Å². The minimum absolute atomic E-state index is 0.0617. The molecule has 0 radical (unpaired) electrons. The van der Waals surface area contributed by atoms with Gasteiger partial charge in [0.25, 0.3) is 0 Å². The molecule has 78 valence electrons. The lowest BCUT2D eigenvalue weighted by Crippen LogP contribution is -1.95. The van der Waals surface area contributed by atoms with Gasteiger partial charge in [0.05, 0.1) is 12.6 Å². The van der Waals surface area contributed by atoms with Crippen LogP contribution in [-0.4, -0.2) is 23.2 Å². The number of aromatic carboxylic acids is 1. The zero-order valence-corrected chi connectivity index (χ0v) is 7.87. The molecule has 1 aromatic heterocycles. The molecule has 4 nitrogen and oxygen atoms in total. The molecule has 0 saturated carbocycles. The van der Waals surface area contributed by atoms with Crippen molar-refractivity contribution in [3.63, 3.8) is 0 Å². The van der Waals surface area contributed by atoms with Gasteiger partial charge >= 0.3 is 5.97 Å². The fraction of sp³-hybridized carbons (Fsp3) is 0.100. The Labute approximate surface area is 84.3 Å². The summed E-state index contributed by atoms with van der Waals surface area (Å²) in [5.74, 6) is -1.19. The number of ether oxygens (including phenoxy) is 1. The molecule has 0 aliphatic heterocycles. The Balaban J connectivity index is 2.77. The Morgan fingerprint density at radius 2 is 2.27 bits per heavy atom. The van der Waals surface area contributed by atoms with Crippen LogP contribution in [0.2, 0.25) is 0 Å². The molecule has 1 aromatic carbocycles. The summed E-state index contributed by atoms with van der Waals surface area (Å²) in [6.45, 7) is 0. The van der Waals surface area contributed by atoms with Gasteiger partial charge in [0.1, 0.15) is 17.3 Å². The number of rotatable bonds is 2. The average molecular weight is 209 g/mol. The van der Waals surface area contributed by atoms with E-state index in [9.17, 15) is 9.18 Å². The summed E-state index contributed by atoms with van der Waals surface area (Å²) in [7, 11) is 1.44. The number of benzene rings is 1. The van der Waals surface area contributed by atoms with E-state index in [2.05, 4.69) is 4.98 Å². The van der Waals surface area contributed by atoms with Crippen molar-refractivity contribution in [2.24, 2.45) is 0 Å². The zero-order chi connectivity index (χ0) is 11.0. The van der Waals surface area contributed by atoms with Crippen molar-refractivity contribution >= 4 is 16.9 Å². The number of hydrogen-bond donors (Lipinski definition) is 2. The van der Waals surface area contributed by atoms with Crippen LogP contribution in [0.1, 0.15) is 10.5 Å².